The molecule has 1 aromatic carbocycles. The zero-order valence-corrected chi connectivity index (χ0v) is 11.4. The molecular weight excluding hydrogens is 238 g/mol. The van der Waals surface area contributed by atoms with Crippen LogP contribution in [0.15, 0.2) is 42.7 Å². The Balaban J connectivity index is 1.84. The fraction of sp³-hybridized carbons (Fsp3) is 0.333. The fourth-order valence-electron chi connectivity index (χ4n) is 2.03. The van der Waals surface area contributed by atoms with E-state index in [9.17, 15) is 4.79 Å². The summed E-state index contributed by atoms with van der Waals surface area (Å²) >= 11 is 0. The summed E-state index contributed by atoms with van der Waals surface area (Å²) in [5.41, 5.74) is 1.07. The molecule has 0 unspecified atom stereocenters. The molecule has 2 aromatic rings. The van der Waals surface area contributed by atoms with Crippen LogP contribution in [0, 0.1) is 0 Å². The lowest BCUT2D eigenvalue weighted by Gasteiger charge is -2.15. The highest BCUT2D eigenvalue weighted by Gasteiger charge is 2.10. The lowest BCUT2D eigenvalue weighted by molar-refractivity contribution is -0.119. The molecule has 1 heterocycles. The van der Waals surface area contributed by atoms with Gasteiger partial charge in [-0.1, -0.05) is 30.3 Å². The monoisotopic (exact) mass is 257 g/mol. The van der Waals surface area contributed by atoms with Gasteiger partial charge in [-0.15, -0.1) is 0 Å². The molecule has 0 saturated carbocycles. The van der Waals surface area contributed by atoms with E-state index in [2.05, 4.69) is 4.98 Å². The summed E-state index contributed by atoms with van der Waals surface area (Å²) in [5.74, 6) is 1.19. The van der Waals surface area contributed by atoms with Gasteiger partial charge in [-0.25, -0.2) is 4.98 Å². The number of imidazole rings is 1. The lowest BCUT2D eigenvalue weighted by Crippen LogP contribution is -2.27. The van der Waals surface area contributed by atoms with Gasteiger partial charge in [0, 0.05) is 25.9 Å². The maximum Gasteiger partial charge on any atom is 0.151 e. The van der Waals surface area contributed by atoms with Crippen LogP contribution < -0.4 is 0 Å². The lowest BCUT2D eigenvalue weighted by atomic mass is 10.1. The first-order valence-corrected chi connectivity index (χ1v) is 6.35. The number of hydrogen-bond acceptors (Lipinski definition) is 3. The van der Waals surface area contributed by atoms with Crippen LogP contribution >= 0.6 is 0 Å². The van der Waals surface area contributed by atoms with Gasteiger partial charge in [-0.05, 0) is 12.6 Å². The van der Waals surface area contributed by atoms with E-state index >= 15 is 0 Å². The summed E-state index contributed by atoms with van der Waals surface area (Å²) in [6.45, 7) is 1.13. The van der Waals surface area contributed by atoms with Crippen LogP contribution in [-0.4, -0.2) is 33.8 Å². The molecule has 4 nitrogen and oxygen atoms in total. The third-order valence-electron chi connectivity index (χ3n) is 3.02. The molecule has 19 heavy (non-hydrogen) atoms. The highest BCUT2D eigenvalue weighted by atomic mass is 16.1. The zero-order chi connectivity index (χ0) is 13.7. The van der Waals surface area contributed by atoms with E-state index in [1.807, 2.05) is 60.1 Å². The molecule has 1 aromatic heterocycles. The second-order valence-electron chi connectivity index (χ2n) is 4.83. The molecule has 0 aliphatic carbocycles. The Labute approximate surface area is 113 Å². The van der Waals surface area contributed by atoms with Crippen LogP contribution in [0.5, 0.6) is 0 Å². The number of hydrogen-bond donors (Lipinski definition) is 0. The number of carbonyl (C=O) groups excluding carboxylic acids is 1. The minimum Gasteiger partial charge on any atom is -0.337 e. The van der Waals surface area contributed by atoms with Crippen molar-refractivity contribution in [1.82, 2.24) is 14.5 Å². The molecule has 0 bridgehead atoms. The van der Waals surface area contributed by atoms with E-state index in [0.29, 0.717) is 19.5 Å². The summed E-state index contributed by atoms with van der Waals surface area (Å²) in [4.78, 5) is 18.2. The number of carbonyl (C=O) groups is 1. The van der Waals surface area contributed by atoms with Crippen molar-refractivity contribution in [3.8, 4) is 0 Å². The Morgan fingerprint density at radius 3 is 2.68 bits per heavy atom. The second kappa shape index (κ2) is 6.29. The van der Waals surface area contributed by atoms with Crippen molar-refractivity contribution in [3.63, 3.8) is 0 Å². The Kier molecular flexibility index (Phi) is 4.47. The Hall–Kier alpha value is -1.94. The normalized spacial score (nSPS) is 10.9. The standard InChI is InChI=1S/C15H19N3O/c1-17(12-15-16-8-9-18(15)2)11-14(19)10-13-6-4-3-5-7-13/h3-9H,10-12H2,1-2H3. The van der Waals surface area contributed by atoms with Crippen molar-refractivity contribution in [3.05, 3.63) is 54.1 Å². The van der Waals surface area contributed by atoms with E-state index in [-0.39, 0.29) is 5.78 Å². The summed E-state index contributed by atoms with van der Waals surface area (Å²) in [6, 6.07) is 9.84. The number of likely N-dealkylation sites (N-methyl/N-ethyl adjacent to an activating group) is 1. The van der Waals surface area contributed by atoms with Gasteiger partial charge >= 0.3 is 0 Å². The van der Waals surface area contributed by atoms with Gasteiger partial charge in [0.15, 0.2) is 5.78 Å². The Morgan fingerprint density at radius 1 is 1.32 bits per heavy atom. The van der Waals surface area contributed by atoms with Crippen LogP contribution in [0.1, 0.15) is 11.4 Å². The first kappa shape index (κ1) is 13.5. The van der Waals surface area contributed by atoms with E-state index in [1.165, 1.54) is 0 Å². The third kappa shape index (κ3) is 4.03. The minimum atomic E-state index is 0.225. The van der Waals surface area contributed by atoms with Gasteiger partial charge in [-0.3, -0.25) is 9.69 Å². The summed E-state index contributed by atoms with van der Waals surface area (Å²) in [7, 11) is 3.90. The zero-order valence-electron chi connectivity index (χ0n) is 11.4. The van der Waals surface area contributed by atoms with Crippen molar-refractivity contribution >= 4 is 5.78 Å². The average Bonchev–Trinajstić information content (AvgIpc) is 2.76. The van der Waals surface area contributed by atoms with Crippen molar-refractivity contribution in [2.75, 3.05) is 13.6 Å². The van der Waals surface area contributed by atoms with Gasteiger partial charge < -0.3 is 4.57 Å². The molecule has 0 aliphatic heterocycles. The third-order valence-corrected chi connectivity index (χ3v) is 3.02. The largest absolute Gasteiger partial charge is 0.337 e. The molecule has 0 radical (unpaired) electrons. The number of aryl methyl sites for hydroxylation is 1. The highest BCUT2D eigenvalue weighted by molar-refractivity contribution is 5.82. The number of Topliss-reactive ketones (excluding diaryl/α,β-unsaturated/α-hetero) is 1. The van der Waals surface area contributed by atoms with Crippen molar-refractivity contribution in [2.24, 2.45) is 7.05 Å². The summed E-state index contributed by atoms with van der Waals surface area (Å²) in [5, 5.41) is 0. The van der Waals surface area contributed by atoms with Crippen LogP contribution in [0.2, 0.25) is 0 Å². The van der Waals surface area contributed by atoms with E-state index < -0.39 is 0 Å². The molecule has 0 aliphatic rings. The number of benzene rings is 1. The molecule has 2 rings (SSSR count). The first-order chi connectivity index (χ1) is 9.15. The Morgan fingerprint density at radius 2 is 2.05 bits per heavy atom. The predicted molar refractivity (Wildman–Crippen MR) is 74.7 cm³/mol. The molecule has 0 atom stereocenters. The molecule has 100 valence electrons. The Bertz CT molecular complexity index is 533. The van der Waals surface area contributed by atoms with Crippen molar-refractivity contribution in [2.45, 2.75) is 13.0 Å². The van der Waals surface area contributed by atoms with Gasteiger partial charge in [0.1, 0.15) is 5.82 Å². The summed E-state index contributed by atoms with van der Waals surface area (Å²) in [6.07, 6.45) is 4.18. The minimum absolute atomic E-state index is 0.225. The van der Waals surface area contributed by atoms with Crippen molar-refractivity contribution in [1.29, 1.82) is 0 Å². The number of aromatic nitrogens is 2. The van der Waals surface area contributed by atoms with Gasteiger partial charge in [-0.2, -0.15) is 0 Å². The fourth-order valence-corrected chi connectivity index (χ4v) is 2.03. The molecule has 0 saturated heterocycles. The molecule has 0 amide bonds. The van der Waals surface area contributed by atoms with Gasteiger partial charge in [0.05, 0.1) is 13.1 Å². The SMILES string of the molecule is CN(CC(=O)Cc1ccccc1)Cc1nccn1C. The van der Waals surface area contributed by atoms with Crippen LogP contribution in [0.4, 0.5) is 0 Å². The number of nitrogens with zero attached hydrogens (tertiary/aromatic N) is 3. The first-order valence-electron chi connectivity index (χ1n) is 6.35. The van der Waals surface area contributed by atoms with Crippen LogP contribution in [-0.2, 0) is 24.8 Å². The maximum atomic E-state index is 12.0. The molecular formula is C15H19N3O. The van der Waals surface area contributed by atoms with Crippen LogP contribution in [0.3, 0.4) is 0 Å². The van der Waals surface area contributed by atoms with Gasteiger partial charge in [0.25, 0.3) is 0 Å². The number of ketones is 1. The molecule has 0 spiro atoms. The second-order valence-corrected chi connectivity index (χ2v) is 4.83. The molecule has 4 heteroatoms. The topological polar surface area (TPSA) is 38.1 Å². The van der Waals surface area contributed by atoms with Crippen molar-refractivity contribution < 1.29 is 4.79 Å². The predicted octanol–water partition coefficient (Wildman–Crippen LogP) is 1.66. The summed E-state index contributed by atoms with van der Waals surface area (Å²) < 4.78 is 1.97. The molecule has 0 N–H and O–H groups in total. The quantitative estimate of drug-likeness (QED) is 0.790. The smallest absolute Gasteiger partial charge is 0.151 e. The van der Waals surface area contributed by atoms with Crippen LogP contribution in [0.25, 0.3) is 0 Å². The maximum absolute atomic E-state index is 12.0. The highest BCUT2D eigenvalue weighted by Crippen LogP contribution is 2.03. The van der Waals surface area contributed by atoms with E-state index in [4.69, 9.17) is 0 Å². The molecule has 0 fully saturated rings. The van der Waals surface area contributed by atoms with Gasteiger partial charge in [0.2, 0.25) is 0 Å². The number of rotatable bonds is 6. The average molecular weight is 257 g/mol. The van der Waals surface area contributed by atoms with E-state index in [0.717, 1.165) is 11.4 Å². The van der Waals surface area contributed by atoms with E-state index in [1.54, 1.807) is 6.20 Å².